The molecule has 0 unspecified atom stereocenters. The van der Waals surface area contributed by atoms with Crippen LogP contribution in [0.5, 0.6) is 0 Å². The van der Waals surface area contributed by atoms with Crippen LogP contribution in [0.2, 0.25) is 0 Å². The third kappa shape index (κ3) is 2.95. The SMILES string of the molecule is N#Cc1cc(Sc2ccccc2)c(-c2ccccc2)[nH]c1=O. The van der Waals surface area contributed by atoms with Crippen molar-refractivity contribution in [2.24, 2.45) is 0 Å². The highest BCUT2D eigenvalue weighted by atomic mass is 32.2. The lowest BCUT2D eigenvalue weighted by molar-refractivity contribution is 1.16. The van der Waals surface area contributed by atoms with E-state index < -0.39 is 0 Å². The van der Waals surface area contributed by atoms with E-state index in [1.807, 2.05) is 66.7 Å². The molecule has 3 aromatic rings. The molecule has 1 N–H and O–H groups in total. The number of nitrogens with zero attached hydrogens (tertiary/aromatic N) is 1. The summed E-state index contributed by atoms with van der Waals surface area (Å²) in [6.45, 7) is 0. The minimum Gasteiger partial charge on any atom is -0.320 e. The Morgan fingerprint density at radius 3 is 2.23 bits per heavy atom. The standard InChI is InChI=1S/C18H12N2OS/c19-12-14-11-16(22-15-9-5-2-6-10-15)17(20-18(14)21)13-7-3-1-4-8-13/h1-11H,(H,20,21). The number of aromatic nitrogens is 1. The van der Waals surface area contributed by atoms with Crippen LogP contribution in [-0.4, -0.2) is 4.98 Å². The quantitative estimate of drug-likeness (QED) is 0.793. The van der Waals surface area contributed by atoms with Gasteiger partial charge in [0.1, 0.15) is 11.6 Å². The smallest absolute Gasteiger partial charge is 0.266 e. The van der Waals surface area contributed by atoms with Crippen LogP contribution in [0.25, 0.3) is 11.3 Å². The molecule has 0 spiro atoms. The van der Waals surface area contributed by atoms with Crippen LogP contribution >= 0.6 is 11.8 Å². The lowest BCUT2D eigenvalue weighted by Gasteiger charge is -2.09. The third-order valence-electron chi connectivity index (χ3n) is 3.16. The van der Waals surface area contributed by atoms with Crippen molar-refractivity contribution in [3.63, 3.8) is 0 Å². The second kappa shape index (κ2) is 6.33. The first-order valence-corrected chi connectivity index (χ1v) is 7.55. The summed E-state index contributed by atoms with van der Waals surface area (Å²) in [6.07, 6.45) is 0. The van der Waals surface area contributed by atoms with Gasteiger partial charge in [0.15, 0.2) is 0 Å². The number of rotatable bonds is 3. The number of nitriles is 1. The average Bonchev–Trinajstić information content (AvgIpc) is 2.58. The molecular weight excluding hydrogens is 292 g/mol. The molecule has 0 saturated carbocycles. The van der Waals surface area contributed by atoms with Gasteiger partial charge in [0.2, 0.25) is 0 Å². The third-order valence-corrected chi connectivity index (χ3v) is 4.21. The molecule has 2 aromatic carbocycles. The molecule has 22 heavy (non-hydrogen) atoms. The van der Waals surface area contributed by atoms with E-state index in [4.69, 9.17) is 5.26 Å². The van der Waals surface area contributed by atoms with Crippen LogP contribution in [-0.2, 0) is 0 Å². The van der Waals surface area contributed by atoms with Gasteiger partial charge in [0, 0.05) is 9.79 Å². The van der Waals surface area contributed by atoms with Crippen molar-refractivity contribution in [3.8, 4) is 17.3 Å². The predicted octanol–water partition coefficient (Wildman–Crippen LogP) is 4.06. The van der Waals surface area contributed by atoms with Crippen molar-refractivity contribution in [2.75, 3.05) is 0 Å². The number of benzene rings is 2. The second-order valence-corrected chi connectivity index (χ2v) is 5.76. The van der Waals surface area contributed by atoms with E-state index in [2.05, 4.69) is 4.98 Å². The molecule has 0 aliphatic rings. The minimum atomic E-state index is -0.362. The Hall–Kier alpha value is -2.77. The van der Waals surface area contributed by atoms with Gasteiger partial charge in [-0.1, -0.05) is 60.3 Å². The van der Waals surface area contributed by atoms with Crippen LogP contribution < -0.4 is 5.56 Å². The van der Waals surface area contributed by atoms with Crippen LogP contribution in [0, 0.1) is 11.3 Å². The highest BCUT2D eigenvalue weighted by Gasteiger charge is 2.11. The van der Waals surface area contributed by atoms with Crippen LogP contribution in [0.1, 0.15) is 5.56 Å². The number of hydrogen-bond acceptors (Lipinski definition) is 3. The Balaban J connectivity index is 2.14. The first-order chi connectivity index (χ1) is 10.8. The minimum absolute atomic E-state index is 0.123. The highest BCUT2D eigenvalue weighted by Crippen LogP contribution is 2.34. The molecule has 3 nitrogen and oxygen atoms in total. The van der Waals surface area contributed by atoms with Gasteiger partial charge in [-0.2, -0.15) is 5.26 Å². The van der Waals surface area contributed by atoms with Crippen molar-refractivity contribution in [1.82, 2.24) is 4.98 Å². The molecule has 106 valence electrons. The molecule has 0 radical (unpaired) electrons. The molecule has 0 bridgehead atoms. The molecule has 0 aliphatic carbocycles. The maximum atomic E-state index is 12.0. The second-order valence-electron chi connectivity index (χ2n) is 4.64. The summed E-state index contributed by atoms with van der Waals surface area (Å²) in [6, 6.07) is 23.1. The molecule has 1 aromatic heterocycles. The fourth-order valence-corrected chi connectivity index (χ4v) is 3.10. The summed E-state index contributed by atoms with van der Waals surface area (Å²) >= 11 is 1.53. The van der Waals surface area contributed by atoms with E-state index in [1.165, 1.54) is 11.8 Å². The zero-order chi connectivity index (χ0) is 15.4. The lowest BCUT2D eigenvalue weighted by atomic mass is 10.1. The molecule has 4 heteroatoms. The molecule has 0 atom stereocenters. The Bertz CT molecular complexity index is 880. The molecule has 0 amide bonds. The maximum Gasteiger partial charge on any atom is 0.266 e. The Labute approximate surface area is 132 Å². The van der Waals surface area contributed by atoms with E-state index in [9.17, 15) is 4.79 Å². The largest absolute Gasteiger partial charge is 0.320 e. The average molecular weight is 304 g/mol. The predicted molar refractivity (Wildman–Crippen MR) is 87.8 cm³/mol. The first kappa shape index (κ1) is 14.2. The van der Waals surface area contributed by atoms with E-state index in [0.29, 0.717) is 0 Å². The van der Waals surface area contributed by atoms with Gasteiger partial charge in [-0.25, -0.2) is 0 Å². The van der Waals surface area contributed by atoms with E-state index in [0.717, 1.165) is 21.0 Å². The van der Waals surface area contributed by atoms with Crippen molar-refractivity contribution in [1.29, 1.82) is 5.26 Å². The van der Waals surface area contributed by atoms with Crippen LogP contribution in [0.3, 0.4) is 0 Å². The maximum absolute atomic E-state index is 12.0. The summed E-state index contributed by atoms with van der Waals surface area (Å²) in [7, 11) is 0. The lowest BCUT2D eigenvalue weighted by Crippen LogP contribution is -2.11. The molecule has 0 fully saturated rings. The fraction of sp³-hybridized carbons (Fsp3) is 0. The molecular formula is C18H12N2OS. The Kier molecular flexibility index (Phi) is 4.08. The Morgan fingerprint density at radius 2 is 1.59 bits per heavy atom. The summed E-state index contributed by atoms with van der Waals surface area (Å²) in [5, 5.41) is 9.09. The molecule has 0 saturated heterocycles. The van der Waals surface area contributed by atoms with Crippen molar-refractivity contribution < 1.29 is 0 Å². The van der Waals surface area contributed by atoms with E-state index in [1.54, 1.807) is 6.07 Å². The van der Waals surface area contributed by atoms with Gasteiger partial charge in [-0.05, 0) is 23.8 Å². The molecule has 1 heterocycles. The van der Waals surface area contributed by atoms with E-state index in [-0.39, 0.29) is 11.1 Å². The van der Waals surface area contributed by atoms with Crippen LogP contribution in [0.15, 0.2) is 81.3 Å². The van der Waals surface area contributed by atoms with Gasteiger partial charge < -0.3 is 4.98 Å². The summed E-state index contributed by atoms with van der Waals surface area (Å²) in [4.78, 5) is 16.7. The van der Waals surface area contributed by atoms with Crippen LogP contribution in [0.4, 0.5) is 0 Å². The topological polar surface area (TPSA) is 56.6 Å². The van der Waals surface area contributed by atoms with E-state index >= 15 is 0 Å². The fourth-order valence-electron chi connectivity index (χ4n) is 2.11. The number of nitrogens with one attached hydrogen (secondary N) is 1. The number of hydrogen-bond donors (Lipinski definition) is 1. The van der Waals surface area contributed by atoms with Gasteiger partial charge in [0.25, 0.3) is 5.56 Å². The molecule has 3 rings (SSSR count). The summed E-state index contributed by atoms with van der Waals surface area (Å²) < 4.78 is 0. The van der Waals surface area contributed by atoms with Crippen molar-refractivity contribution >= 4 is 11.8 Å². The zero-order valence-electron chi connectivity index (χ0n) is 11.6. The van der Waals surface area contributed by atoms with Crippen molar-refractivity contribution in [3.05, 3.63) is 82.6 Å². The van der Waals surface area contributed by atoms with Gasteiger partial charge >= 0.3 is 0 Å². The Morgan fingerprint density at radius 1 is 0.955 bits per heavy atom. The number of aromatic amines is 1. The van der Waals surface area contributed by atoms with Gasteiger partial charge in [-0.15, -0.1) is 0 Å². The van der Waals surface area contributed by atoms with Crippen molar-refractivity contribution in [2.45, 2.75) is 9.79 Å². The van der Waals surface area contributed by atoms with Gasteiger partial charge in [0.05, 0.1) is 5.69 Å². The number of pyridine rings is 1. The van der Waals surface area contributed by atoms with Gasteiger partial charge in [-0.3, -0.25) is 4.79 Å². The molecule has 0 aliphatic heterocycles. The summed E-state index contributed by atoms with van der Waals surface area (Å²) in [5.41, 5.74) is 1.41. The summed E-state index contributed by atoms with van der Waals surface area (Å²) in [5.74, 6) is 0. The highest BCUT2D eigenvalue weighted by molar-refractivity contribution is 7.99. The zero-order valence-corrected chi connectivity index (χ0v) is 12.4. The number of H-pyrrole nitrogens is 1. The normalized spacial score (nSPS) is 10.1. The monoisotopic (exact) mass is 304 g/mol. The first-order valence-electron chi connectivity index (χ1n) is 6.73.